The molecule has 0 bridgehead atoms. The lowest BCUT2D eigenvalue weighted by atomic mass is 10.2. The fourth-order valence-corrected chi connectivity index (χ4v) is 3.45. The second-order valence-corrected chi connectivity index (χ2v) is 6.74. The minimum absolute atomic E-state index is 0.528. The highest BCUT2D eigenvalue weighted by Crippen LogP contribution is 2.15. The van der Waals surface area contributed by atoms with Crippen LogP contribution in [0.1, 0.15) is 26.7 Å². The molecule has 106 valence electrons. The largest absolute Gasteiger partial charge is 0.317 e. The summed E-state index contributed by atoms with van der Waals surface area (Å²) in [7, 11) is -1.62. The van der Waals surface area contributed by atoms with E-state index >= 15 is 0 Å². The van der Waals surface area contributed by atoms with E-state index in [0.29, 0.717) is 19.6 Å². The van der Waals surface area contributed by atoms with Crippen molar-refractivity contribution in [3.05, 3.63) is 11.6 Å². The van der Waals surface area contributed by atoms with Crippen molar-refractivity contribution in [1.82, 2.24) is 13.9 Å². The first-order valence-electron chi connectivity index (χ1n) is 6.56. The van der Waals surface area contributed by atoms with Crippen LogP contribution in [-0.4, -0.2) is 56.8 Å². The van der Waals surface area contributed by atoms with Gasteiger partial charge in [-0.1, -0.05) is 18.6 Å². The van der Waals surface area contributed by atoms with Crippen molar-refractivity contribution in [2.75, 3.05) is 39.8 Å². The van der Waals surface area contributed by atoms with E-state index in [-0.39, 0.29) is 0 Å². The third-order valence-corrected chi connectivity index (χ3v) is 5.03. The second kappa shape index (κ2) is 7.23. The highest BCUT2D eigenvalue weighted by atomic mass is 32.2. The minimum Gasteiger partial charge on any atom is -0.317 e. The molecule has 0 unspecified atom stereocenters. The first kappa shape index (κ1) is 15.6. The Morgan fingerprint density at radius 2 is 2.22 bits per heavy atom. The van der Waals surface area contributed by atoms with Crippen LogP contribution in [0.3, 0.4) is 0 Å². The molecule has 0 spiro atoms. The molecule has 1 aliphatic heterocycles. The molecule has 1 heterocycles. The molecule has 0 aromatic heterocycles. The van der Waals surface area contributed by atoms with Crippen LogP contribution in [0.2, 0.25) is 0 Å². The number of hydrogen-bond acceptors (Lipinski definition) is 3. The van der Waals surface area contributed by atoms with E-state index in [1.54, 1.807) is 11.4 Å². The lowest BCUT2D eigenvalue weighted by molar-refractivity contribution is 0.365. The Morgan fingerprint density at radius 1 is 1.50 bits per heavy atom. The molecule has 0 fully saturated rings. The van der Waals surface area contributed by atoms with Crippen molar-refractivity contribution >= 4 is 10.2 Å². The van der Waals surface area contributed by atoms with E-state index in [9.17, 15) is 8.42 Å². The molecule has 0 atom stereocenters. The molecule has 1 aliphatic rings. The molecule has 0 saturated heterocycles. The Labute approximate surface area is 111 Å². The molecule has 5 nitrogen and oxygen atoms in total. The number of nitrogens with zero attached hydrogens (tertiary/aromatic N) is 2. The quantitative estimate of drug-likeness (QED) is 0.553. The van der Waals surface area contributed by atoms with Gasteiger partial charge in [-0.05, 0) is 32.9 Å². The van der Waals surface area contributed by atoms with Crippen LogP contribution in [0.15, 0.2) is 11.6 Å². The Hall–Kier alpha value is -0.430. The van der Waals surface area contributed by atoms with Crippen LogP contribution in [0, 0.1) is 0 Å². The first-order valence-corrected chi connectivity index (χ1v) is 7.96. The molecular weight excluding hydrogens is 250 g/mol. The molecule has 0 amide bonds. The number of nitrogens with one attached hydrogen (secondary N) is 1. The number of hydrogen-bond donors (Lipinski definition) is 1. The average Bonchev–Trinajstić information content (AvgIpc) is 2.34. The topological polar surface area (TPSA) is 52.7 Å². The monoisotopic (exact) mass is 275 g/mol. The summed E-state index contributed by atoms with van der Waals surface area (Å²) in [6.07, 6.45) is 3.76. The molecule has 0 saturated carbocycles. The zero-order valence-electron chi connectivity index (χ0n) is 11.6. The molecule has 1 rings (SSSR count). The van der Waals surface area contributed by atoms with E-state index in [2.05, 4.69) is 11.4 Å². The van der Waals surface area contributed by atoms with Crippen molar-refractivity contribution in [2.45, 2.75) is 26.7 Å². The highest BCUT2D eigenvalue weighted by Gasteiger charge is 2.27. The van der Waals surface area contributed by atoms with Gasteiger partial charge in [0.25, 0.3) is 10.2 Å². The molecule has 6 heteroatoms. The maximum Gasteiger partial charge on any atom is 0.282 e. The fraction of sp³-hybridized carbons (Fsp3) is 0.833. The summed E-state index contributed by atoms with van der Waals surface area (Å²) in [5.41, 5.74) is 1.13. The maximum absolute atomic E-state index is 12.3. The zero-order chi connectivity index (χ0) is 13.6. The van der Waals surface area contributed by atoms with Crippen molar-refractivity contribution in [3.63, 3.8) is 0 Å². The van der Waals surface area contributed by atoms with Crippen molar-refractivity contribution in [1.29, 1.82) is 0 Å². The van der Waals surface area contributed by atoms with E-state index in [1.807, 2.05) is 13.8 Å². The van der Waals surface area contributed by atoms with Gasteiger partial charge in [0.05, 0.1) is 0 Å². The normalized spacial score (nSPS) is 18.1. The maximum atomic E-state index is 12.3. The highest BCUT2D eigenvalue weighted by molar-refractivity contribution is 7.86. The van der Waals surface area contributed by atoms with Gasteiger partial charge in [0.2, 0.25) is 0 Å². The van der Waals surface area contributed by atoms with Crippen LogP contribution >= 0.6 is 0 Å². The first-order chi connectivity index (χ1) is 8.48. The summed E-state index contributed by atoms with van der Waals surface area (Å²) in [6, 6.07) is 0. The summed E-state index contributed by atoms with van der Waals surface area (Å²) in [6.45, 7) is 7.49. The zero-order valence-corrected chi connectivity index (χ0v) is 12.5. The third-order valence-electron chi connectivity index (χ3n) is 3.09. The average molecular weight is 275 g/mol. The van der Waals surface area contributed by atoms with Crippen LogP contribution in [0.25, 0.3) is 0 Å². The second-order valence-electron chi connectivity index (χ2n) is 4.71. The summed E-state index contributed by atoms with van der Waals surface area (Å²) in [5, 5.41) is 3.20. The van der Waals surface area contributed by atoms with Crippen molar-refractivity contribution < 1.29 is 8.42 Å². The molecule has 18 heavy (non-hydrogen) atoms. The standard InChI is InChI=1S/C12H25N3O2S/c1-4-13-8-6-9-14(3)18(16,17)15-10-5-7-12(2)11-15/h7,13H,4-6,8-11H2,1-3H3. The predicted molar refractivity (Wildman–Crippen MR) is 74.7 cm³/mol. The van der Waals surface area contributed by atoms with Gasteiger partial charge in [0, 0.05) is 26.7 Å². The Morgan fingerprint density at radius 3 is 2.83 bits per heavy atom. The Kier molecular flexibility index (Phi) is 6.28. The van der Waals surface area contributed by atoms with Crippen LogP contribution in [0.5, 0.6) is 0 Å². The fourth-order valence-electron chi connectivity index (χ4n) is 1.99. The van der Waals surface area contributed by atoms with Crippen molar-refractivity contribution in [3.8, 4) is 0 Å². The predicted octanol–water partition coefficient (Wildman–Crippen LogP) is 0.815. The lowest BCUT2D eigenvalue weighted by Crippen LogP contribution is -2.44. The molecule has 0 aromatic rings. The van der Waals surface area contributed by atoms with Crippen LogP contribution in [0.4, 0.5) is 0 Å². The Bertz CT molecular complexity index is 379. The van der Waals surface area contributed by atoms with E-state index < -0.39 is 10.2 Å². The summed E-state index contributed by atoms with van der Waals surface area (Å²) in [5.74, 6) is 0. The molecule has 0 radical (unpaired) electrons. The minimum atomic E-state index is -3.28. The van der Waals surface area contributed by atoms with Crippen molar-refractivity contribution in [2.24, 2.45) is 0 Å². The van der Waals surface area contributed by atoms with E-state index in [0.717, 1.165) is 31.5 Å². The Balaban J connectivity index is 2.49. The molecule has 1 N–H and O–H groups in total. The third kappa shape index (κ3) is 4.35. The summed E-state index contributed by atoms with van der Waals surface area (Å²) >= 11 is 0. The van der Waals surface area contributed by atoms with Gasteiger partial charge in [-0.3, -0.25) is 0 Å². The molecule has 0 aromatic carbocycles. The smallest absolute Gasteiger partial charge is 0.282 e. The van der Waals surface area contributed by atoms with Gasteiger partial charge in [0.1, 0.15) is 0 Å². The van der Waals surface area contributed by atoms with Gasteiger partial charge in [-0.2, -0.15) is 17.0 Å². The van der Waals surface area contributed by atoms with E-state index in [1.165, 1.54) is 4.31 Å². The van der Waals surface area contributed by atoms with Crippen LogP contribution in [-0.2, 0) is 10.2 Å². The van der Waals surface area contributed by atoms with Gasteiger partial charge in [-0.25, -0.2) is 0 Å². The van der Waals surface area contributed by atoms with Crippen LogP contribution < -0.4 is 5.32 Å². The van der Waals surface area contributed by atoms with Gasteiger partial charge >= 0.3 is 0 Å². The SMILES string of the molecule is CCNCCCN(C)S(=O)(=O)N1CCC=C(C)C1. The lowest BCUT2D eigenvalue weighted by Gasteiger charge is -2.29. The van der Waals surface area contributed by atoms with E-state index in [4.69, 9.17) is 0 Å². The van der Waals surface area contributed by atoms with Gasteiger partial charge in [0.15, 0.2) is 0 Å². The number of rotatable bonds is 7. The summed E-state index contributed by atoms with van der Waals surface area (Å²) < 4.78 is 27.6. The van der Waals surface area contributed by atoms with Gasteiger partial charge in [-0.15, -0.1) is 0 Å². The van der Waals surface area contributed by atoms with Gasteiger partial charge < -0.3 is 5.32 Å². The summed E-state index contributed by atoms with van der Waals surface area (Å²) in [4.78, 5) is 0. The molecular formula is C12H25N3O2S. The molecule has 0 aliphatic carbocycles.